The van der Waals surface area contributed by atoms with Crippen molar-refractivity contribution in [2.45, 2.75) is 63.8 Å². The molecule has 0 amide bonds. The molecular weight excluding hydrogens is 304 g/mol. The number of allylic oxidation sites excluding steroid dienone is 1. The van der Waals surface area contributed by atoms with Gasteiger partial charge in [-0.1, -0.05) is 6.92 Å². The number of Topliss-reactive ketones (excluding diaryl/α,β-unsaturated/α-hetero) is 1. The standard InChI is InChI=1S/C16H26O7/c1-8-3-4-10(11(18)5-8)9(2)7-22-16-15(21)14(20)13(19)12(6-17)23-16/h8,12-17,19-21H,3-7H2,1-2H3/b10-9-/t8-,12+,13+,14-,15+,16+/m1/s1. The van der Waals surface area contributed by atoms with E-state index in [0.29, 0.717) is 18.8 Å². The first-order valence-electron chi connectivity index (χ1n) is 7.99. The summed E-state index contributed by atoms with van der Waals surface area (Å²) >= 11 is 0. The summed E-state index contributed by atoms with van der Waals surface area (Å²) in [7, 11) is 0. The third kappa shape index (κ3) is 4.17. The van der Waals surface area contributed by atoms with Gasteiger partial charge in [0, 0.05) is 6.42 Å². The quantitative estimate of drug-likeness (QED) is 0.514. The molecule has 0 spiro atoms. The van der Waals surface area contributed by atoms with Crippen molar-refractivity contribution < 1.29 is 34.7 Å². The van der Waals surface area contributed by atoms with Crippen LogP contribution < -0.4 is 0 Å². The summed E-state index contributed by atoms with van der Waals surface area (Å²) in [5, 5.41) is 38.5. The molecule has 0 aromatic rings. The Morgan fingerprint density at radius 2 is 1.96 bits per heavy atom. The van der Waals surface area contributed by atoms with Crippen molar-refractivity contribution in [3.63, 3.8) is 0 Å². The van der Waals surface area contributed by atoms with E-state index in [1.54, 1.807) is 6.92 Å². The lowest BCUT2D eigenvalue weighted by molar-refractivity contribution is -0.299. The number of aliphatic hydroxyl groups is 4. The fourth-order valence-electron chi connectivity index (χ4n) is 3.02. The van der Waals surface area contributed by atoms with Crippen LogP contribution in [-0.4, -0.2) is 70.1 Å². The molecule has 0 unspecified atom stereocenters. The summed E-state index contributed by atoms with van der Waals surface area (Å²) in [5.41, 5.74) is 1.53. The lowest BCUT2D eigenvalue weighted by Crippen LogP contribution is -2.59. The van der Waals surface area contributed by atoms with Gasteiger partial charge in [0.2, 0.25) is 0 Å². The molecule has 2 aliphatic rings. The molecule has 23 heavy (non-hydrogen) atoms. The molecule has 1 aliphatic heterocycles. The fourth-order valence-corrected chi connectivity index (χ4v) is 3.02. The molecule has 0 bridgehead atoms. The zero-order chi connectivity index (χ0) is 17.1. The van der Waals surface area contributed by atoms with Gasteiger partial charge in [0.05, 0.1) is 13.2 Å². The van der Waals surface area contributed by atoms with Crippen molar-refractivity contribution in [3.05, 3.63) is 11.1 Å². The monoisotopic (exact) mass is 330 g/mol. The lowest BCUT2D eigenvalue weighted by atomic mass is 9.84. The van der Waals surface area contributed by atoms with Crippen LogP contribution in [0.3, 0.4) is 0 Å². The van der Waals surface area contributed by atoms with Gasteiger partial charge in [0.15, 0.2) is 12.1 Å². The van der Waals surface area contributed by atoms with Crippen LogP contribution >= 0.6 is 0 Å². The van der Waals surface area contributed by atoms with Crippen LogP contribution in [0.4, 0.5) is 0 Å². The largest absolute Gasteiger partial charge is 0.394 e. The molecule has 1 aliphatic carbocycles. The molecule has 0 aromatic carbocycles. The minimum Gasteiger partial charge on any atom is -0.394 e. The number of aliphatic hydroxyl groups excluding tert-OH is 4. The molecule has 7 nitrogen and oxygen atoms in total. The van der Waals surface area contributed by atoms with E-state index < -0.39 is 37.3 Å². The van der Waals surface area contributed by atoms with Crippen molar-refractivity contribution in [1.82, 2.24) is 0 Å². The highest BCUT2D eigenvalue weighted by molar-refractivity contribution is 5.96. The Morgan fingerprint density at radius 3 is 2.57 bits per heavy atom. The van der Waals surface area contributed by atoms with Crippen molar-refractivity contribution in [3.8, 4) is 0 Å². The van der Waals surface area contributed by atoms with Gasteiger partial charge in [-0.05, 0) is 36.8 Å². The lowest BCUT2D eigenvalue weighted by Gasteiger charge is -2.39. The summed E-state index contributed by atoms with van der Waals surface area (Å²) in [4.78, 5) is 12.1. The molecule has 2 fully saturated rings. The van der Waals surface area contributed by atoms with Gasteiger partial charge in [-0.3, -0.25) is 4.79 Å². The average Bonchev–Trinajstić information content (AvgIpc) is 2.51. The SMILES string of the molecule is C/C(CO[C@H]1O[C@@H](CO)[C@H](O)[C@@H](O)[C@@H]1O)=C1\CC[C@@H](C)CC1=O. The van der Waals surface area contributed by atoms with Gasteiger partial charge >= 0.3 is 0 Å². The fraction of sp³-hybridized carbons (Fsp3) is 0.812. The highest BCUT2D eigenvalue weighted by Gasteiger charge is 2.44. The van der Waals surface area contributed by atoms with Gasteiger partial charge in [0.1, 0.15) is 24.4 Å². The van der Waals surface area contributed by atoms with E-state index in [0.717, 1.165) is 17.6 Å². The van der Waals surface area contributed by atoms with E-state index >= 15 is 0 Å². The minimum absolute atomic E-state index is 0.0815. The Bertz CT molecular complexity index is 459. The molecule has 6 atom stereocenters. The van der Waals surface area contributed by atoms with E-state index in [4.69, 9.17) is 14.6 Å². The normalized spacial score (nSPS) is 41.0. The molecule has 132 valence electrons. The number of ketones is 1. The van der Waals surface area contributed by atoms with Crippen molar-refractivity contribution in [2.24, 2.45) is 5.92 Å². The minimum atomic E-state index is -1.46. The zero-order valence-electron chi connectivity index (χ0n) is 13.5. The van der Waals surface area contributed by atoms with Crippen molar-refractivity contribution in [1.29, 1.82) is 0 Å². The molecule has 0 radical (unpaired) electrons. The van der Waals surface area contributed by atoms with Crippen LogP contribution in [0.25, 0.3) is 0 Å². The van der Waals surface area contributed by atoms with E-state index in [2.05, 4.69) is 6.92 Å². The third-order valence-corrected chi connectivity index (χ3v) is 4.59. The first-order chi connectivity index (χ1) is 10.8. The van der Waals surface area contributed by atoms with Crippen LogP contribution in [0.1, 0.15) is 33.1 Å². The molecule has 7 heteroatoms. The summed E-state index contributed by atoms with van der Waals surface area (Å²) in [6.07, 6.45) is -4.25. The highest BCUT2D eigenvalue weighted by atomic mass is 16.7. The maximum absolute atomic E-state index is 12.1. The molecule has 0 aromatic heterocycles. The molecule has 1 saturated carbocycles. The predicted molar refractivity (Wildman–Crippen MR) is 80.4 cm³/mol. The second-order valence-corrected chi connectivity index (χ2v) is 6.54. The summed E-state index contributed by atoms with van der Waals surface area (Å²) in [6, 6.07) is 0. The maximum Gasteiger partial charge on any atom is 0.187 e. The highest BCUT2D eigenvalue weighted by Crippen LogP contribution is 2.28. The van der Waals surface area contributed by atoms with E-state index in [1.165, 1.54) is 0 Å². The Hall–Kier alpha value is -0.830. The van der Waals surface area contributed by atoms with Gasteiger partial charge in [-0.2, -0.15) is 0 Å². The Labute approximate surface area is 135 Å². The van der Waals surface area contributed by atoms with E-state index in [-0.39, 0.29) is 12.4 Å². The maximum atomic E-state index is 12.1. The van der Waals surface area contributed by atoms with Crippen molar-refractivity contribution in [2.75, 3.05) is 13.2 Å². The molecule has 1 heterocycles. The number of hydrogen-bond donors (Lipinski definition) is 4. The Morgan fingerprint density at radius 1 is 1.26 bits per heavy atom. The number of carbonyl (C=O) groups excluding carboxylic acids is 1. The van der Waals surface area contributed by atoms with Gasteiger partial charge < -0.3 is 29.9 Å². The predicted octanol–water partition coefficient (Wildman–Crippen LogP) is -0.492. The van der Waals surface area contributed by atoms with Crippen LogP contribution in [0.5, 0.6) is 0 Å². The Kier molecular flexibility index (Phi) is 6.30. The second kappa shape index (κ2) is 7.83. The van der Waals surface area contributed by atoms with Crippen LogP contribution in [-0.2, 0) is 14.3 Å². The summed E-state index contributed by atoms with van der Waals surface area (Å²) in [5.74, 6) is 0.518. The Balaban J connectivity index is 1.98. The van der Waals surface area contributed by atoms with E-state index in [1.807, 2.05) is 0 Å². The van der Waals surface area contributed by atoms with E-state index in [9.17, 15) is 20.1 Å². The number of carbonyl (C=O) groups is 1. The van der Waals surface area contributed by atoms with Crippen LogP contribution in [0.2, 0.25) is 0 Å². The molecular formula is C16H26O7. The number of hydrogen-bond acceptors (Lipinski definition) is 7. The van der Waals surface area contributed by atoms with Crippen LogP contribution in [0.15, 0.2) is 11.1 Å². The first kappa shape index (κ1) is 18.5. The van der Waals surface area contributed by atoms with Gasteiger partial charge in [-0.25, -0.2) is 0 Å². The van der Waals surface area contributed by atoms with Gasteiger partial charge in [-0.15, -0.1) is 0 Å². The van der Waals surface area contributed by atoms with Crippen molar-refractivity contribution >= 4 is 5.78 Å². The zero-order valence-corrected chi connectivity index (χ0v) is 13.5. The topological polar surface area (TPSA) is 116 Å². The second-order valence-electron chi connectivity index (χ2n) is 6.54. The van der Waals surface area contributed by atoms with Gasteiger partial charge in [0.25, 0.3) is 0 Å². The van der Waals surface area contributed by atoms with Crippen LogP contribution in [0, 0.1) is 5.92 Å². The molecule has 2 rings (SSSR count). The molecule has 1 saturated heterocycles. The summed E-state index contributed by atoms with van der Waals surface area (Å²) in [6.45, 7) is 3.43. The number of rotatable bonds is 4. The number of ether oxygens (including phenoxy) is 2. The average molecular weight is 330 g/mol. The summed E-state index contributed by atoms with van der Waals surface area (Å²) < 4.78 is 10.7. The molecule has 4 N–H and O–H groups in total. The third-order valence-electron chi connectivity index (χ3n) is 4.59. The first-order valence-corrected chi connectivity index (χ1v) is 7.99. The smallest absolute Gasteiger partial charge is 0.187 e.